The molecule has 0 saturated heterocycles. The molecule has 1 heteroatoms. The molecule has 1 aliphatic carbocycles. The van der Waals surface area contributed by atoms with Crippen LogP contribution in [-0.2, 0) is 4.79 Å². The second kappa shape index (κ2) is 5.29. The van der Waals surface area contributed by atoms with Gasteiger partial charge >= 0.3 is 0 Å². The minimum atomic E-state index is 0.212. The van der Waals surface area contributed by atoms with Gasteiger partial charge in [-0.1, -0.05) is 30.2 Å². The zero-order valence-electron chi connectivity index (χ0n) is 10.3. The molecule has 84 valence electrons. The normalized spacial score (nSPS) is 32.4. The van der Waals surface area contributed by atoms with E-state index in [1.165, 1.54) is 11.1 Å². The maximum absolute atomic E-state index is 11.1. The molecule has 0 N–H and O–H groups in total. The fourth-order valence-electron chi connectivity index (χ4n) is 2.53. The summed E-state index contributed by atoms with van der Waals surface area (Å²) in [5.41, 5.74) is 2.82. The average Bonchev–Trinajstić information content (AvgIpc) is 2.17. The molecule has 1 aliphatic rings. The quantitative estimate of drug-likeness (QED) is 0.507. The van der Waals surface area contributed by atoms with E-state index in [1.807, 2.05) is 0 Å². The van der Waals surface area contributed by atoms with E-state index in [1.54, 1.807) is 0 Å². The molecular weight excluding hydrogens is 184 g/mol. The summed E-state index contributed by atoms with van der Waals surface area (Å²) in [7, 11) is 0. The van der Waals surface area contributed by atoms with E-state index >= 15 is 0 Å². The van der Waals surface area contributed by atoms with Gasteiger partial charge in [0.2, 0.25) is 0 Å². The first-order valence-corrected chi connectivity index (χ1v) is 5.82. The molecule has 0 amide bonds. The summed E-state index contributed by atoms with van der Waals surface area (Å²) in [6.07, 6.45) is 7.70. The van der Waals surface area contributed by atoms with Crippen LogP contribution >= 0.6 is 0 Å². The van der Waals surface area contributed by atoms with Crippen LogP contribution in [0.25, 0.3) is 0 Å². The minimum Gasteiger partial charge on any atom is -0.303 e. The predicted molar refractivity (Wildman–Crippen MR) is 64.6 cm³/mol. The molecule has 1 rings (SSSR count). The number of hydrogen-bond acceptors (Lipinski definition) is 1. The van der Waals surface area contributed by atoms with Gasteiger partial charge in [-0.05, 0) is 45.4 Å². The highest BCUT2D eigenvalue weighted by atomic mass is 16.1. The van der Waals surface area contributed by atoms with E-state index in [9.17, 15) is 4.79 Å². The molecule has 0 fully saturated rings. The van der Waals surface area contributed by atoms with E-state index in [0.29, 0.717) is 11.8 Å². The van der Waals surface area contributed by atoms with Crippen molar-refractivity contribution in [1.29, 1.82) is 0 Å². The molecule has 1 nitrogen and oxygen atoms in total. The standard InChI is InChI=1S/C14H22O/c1-5-10(2)7-13-8-11(3)6-12(4)14(13)9-15/h5,8-9,12-14H,6-7H2,1-4H3. The summed E-state index contributed by atoms with van der Waals surface area (Å²) in [4.78, 5) is 11.1. The highest BCUT2D eigenvalue weighted by Gasteiger charge is 2.28. The van der Waals surface area contributed by atoms with Crippen LogP contribution in [0.15, 0.2) is 23.3 Å². The summed E-state index contributed by atoms with van der Waals surface area (Å²) in [6.45, 7) is 8.57. The van der Waals surface area contributed by atoms with Crippen molar-refractivity contribution in [2.45, 2.75) is 40.5 Å². The number of allylic oxidation sites excluding steroid dienone is 4. The fraction of sp³-hybridized carbons (Fsp3) is 0.643. The Bertz CT molecular complexity index is 286. The molecule has 0 bridgehead atoms. The van der Waals surface area contributed by atoms with E-state index in [0.717, 1.165) is 19.1 Å². The zero-order valence-corrected chi connectivity index (χ0v) is 10.3. The average molecular weight is 206 g/mol. The molecule has 3 unspecified atom stereocenters. The van der Waals surface area contributed by atoms with Gasteiger partial charge in [-0.25, -0.2) is 0 Å². The molecule has 0 saturated carbocycles. The molecule has 0 aromatic rings. The Balaban J connectivity index is 2.82. The van der Waals surface area contributed by atoms with E-state index in [-0.39, 0.29) is 5.92 Å². The Morgan fingerprint density at radius 3 is 2.80 bits per heavy atom. The molecule has 0 aliphatic heterocycles. The van der Waals surface area contributed by atoms with Gasteiger partial charge in [0.25, 0.3) is 0 Å². The monoisotopic (exact) mass is 206 g/mol. The van der Waals surface area contributed by atoms with Gasteiger partial charge in [-0.15, -0.1) is 0 Å². The van der Waals surface area contributed by atoms with Crippen molar-refractivity contribution in [2.75, 3.05) is 0 Å². The minimum absolute atomic E-state index is 0.212. The highest BCUT2D eigenvalue weighted by Crippen LogP contribution is 2.35. The lowest BCUT2D eigenvalue weighted by Gasteiger charge is -2.31. The van der Waals surface area contributed by atoms with Crippen LogP contribution in [0.5, 0.6) is 0 Å². The van der Waals surface area contributed by atoms with Crippen LogP contribution in [0.2, 0.25) is 0 Å². The lowest BCUT2D eigenvalue weighted by molar-refractivity contribution is -0.113. The summed E-state index contributed by atoms with van der Waals surface area (Å²) in [5.74, 6) is 1.13. The van der Waals surface area contributed by atoms with Crippen LogP contribution in [0.3, 0.4) is 0 Å². The lowest BCUT2D eigenvalue weighted by Crippen LogP contribution is -2.26. The van der Waals surface area contributed by atoms with Gasteiger partial charge in [0.05, 0.1) is 0 Å². The third kappa shape index (κ3) is 3.05. The van der Waals surface area contributed by atoms with E-state index < -0.39 is 0 Å². The van der Waals surface area contributed by atoms with Crippen molar-refractivity contribution in [3.05, 3.63) is 23.3 Å². The van der Waals surface area contributed by atoms with Crippen molar-refractivity contribution in [1.82, 2.24) is 0 Å². The maximum Gasteiger partial charge on any atom is 0.123 e. The third-order valence-corrected chi connectivity index (χ3v) is 3.50. The van der Waals surface area contributed by atoms with Crippen LogP contribution in [0.4, 0.5) is 0 Å². The van der Waals surface area contributed by atoms with E-state index in [4.69, 9.17) is 0 Å². The fourth-order valence-corrected chi connectivity index (χ4v) is 2.53. The Morgan fingerprint density at radius 1 is 1.60 bits per heavy atom. The second-order valence-corrected chi connectivity index (χ2v) is 4.91. The lowest BCUT2D eigenvalue weighted by atomic mass is 9.73. The maximum atomic E-state index is 11.1. The van der Waals surface area contributed by atoms with Crippen molar-refractivity contribution >= 4 is 6.29 Å². The van der Waals surface area contributed by atoms with Gasteiger partial charge in [-0.3, -0.25) is 0 Å². The third-order valence-electron chi connectivity index (χ3n) is 3.50. The van der Waals surface area contributed by atoms with Crippen molar-refractivity contribution in [2.24, 2.45) is 17.8 Å². The second-order valence-electron chi connectivity index (χ2n) is 4.91. The Morgan fingerprint density at radius 2 is 2.27 bits per heavy atom. The SMILES string of the molecule is CC=C(C)CC1C=C(C)CC(C)C1C=O. The Labute approximate surface area is 93.3 Å². The first kappa shape index (κ1) is 12.2. The van der Waals surface area contributed by atoms with Crippen molar-refractivity contribution in [3.8, 4) is 0 Å². The van der Waals surface area contributed by atoms with Gasteiger partial charge in [0.1, 0.15) is 6.29 Å². The number of carbonyl (C=O) groups excluding carboxylic acids is 1. The molecule has 0 aromatic heterocycles. The van der Waals surface area contributed by atoms with Crippen molar-refractivity contribution in [3.63, 3.8) is 0 Å². The van der Waals surface area contributed by atoms with Crippen LogP contribution in [0.1, 0.15) is 40.5 Å². The highest BCUT2D eigenvalue weighted by molar-refractivity contribution is 5.56. The van der Waals surface area contributed by atoms with Gasteiger partial charge < -0.3 is 4.79 Å². The summed E-state index contributed by atoms with van der Waals surface area (Å²) < 4.78 is 0. The largest absolute Gasteiger partial charge is 0.303 e. The molecule has 15 heavy (non-hydrogen) atoms. The summed E-state index contributed by atoms with van der Waals surface area (Å²) >= 11 is 0. The van der Waals surface area contributed by atoms with Gasteiger partial charge in [-0.2, -0.15) is 0 Å². The topological polar surface area (TPSA) is 17.1 Å². The number of rotatable bonds is 3. The van der Waals surface area contributed by atoms with E-state index in [2.05, 4.69) is 39.8 Å². The van der Waals surface area contributed by atoms with Crippen LogP contribution < -0.4 is 0 Å². The summed E-state index contributed by atoms with van der Waals surface area (Å²) in [5, 5.41) is 0. The molecule has 0 spiro atoms. The Hall–Kier alpha value is -0.850. The first-order chi connectivity index (χ1) is 7.08. The molecular formula is C14H22O. The number of aldehydes is 1. The molecule has 0 heterocycles. The molecule has 3 atom stereocenters. The zero-order chi connectivity index (χ0) is 11.4. The summed E-state index contributed by atoms with van der Waals surface area (Å²) in [6, 6.07) is 0. The molecule has 0 aromatic carbocycles. The van der Waals surface area contributed by atoms with Gasteiger partial charge in [0, 0.05) is 5.92 Å². The smallest absolute Gasteiger partial charge is 0.123 e. The predicted octanol–water partition coefficient (Wildman–Crippen LogP) is 3.76. The van der Waals surface area contributed by atoms with Crippen LogP contribution in [0, 0.1) is 17.8 Å². The van der Waals surface area contributed by atoms with Crippen molar-refractivity contribution < 1.29 is 4.79 Å². The number of carbonyl (C=O) groups is 1. The number of hydrogen-bond donors (Lipinski definition) is 0. The Kier molecular flexibility index (Phi) is 4.31. The first-order valence-electron chi connectivity index (χ1n) is 5.82. The molecule has 0 radical (unpaired) electrons. The van der Waals surface area contributed by atoms with Gasteiger partial charge in [0.15, 0.2) is 0 Å². The van der Waals surface area contributed by atoms with Crippen LogP contribution in [-0.4, -0.2) is 6.29 Å².